The first-order valence-corrected chi connectivity index (χ1v) is 9.77. The Hall–Kier alpha value is -0.0200. The maximum Gasteiger partial charge on any atom is 0.218 e. The molecule has 0 radical (unpaired) electrons. The lowest BCUT2D eigenvalue weighted by atomic mass is 10.1. The van der Waals surface area contributed by atoms with Gasteiger partial charge in [0, 0.05) is 18.0 Å². The van der Waals surface area contributed by atoms with Crippen LogP contribution in [0, 0.1) is 0 Å². The summed E-state index contributed by atoms with van der Waals surface area (Å²) in [4.78, 5) is 0. The van der Waals surface area contributed by atoms with Crippen LogP contribution in [-0.4, -0.2) is 101 Å². The molecule has 2 rings (SSSR count). The Bertz CT molecular complexity index is 499. The summed E-state index contributed by atoms with van der Waals surface area (Å²) in [7, 11) is -4.55. The molecule has 8 atom stereocenters. The Morgan fingerprint density at radius 3 is 2.48 bits per heavy atom. The highest BCUT2D eigenvalue weighted by molar-refractivity contribution is 7.97. The molecule has 0 amide bonds. The second kappa shape index (κ2) is 7.47. The Morgan fingerprint density at radius 1 is 1.30 bits per heavy atom. The number of rotatable bonds is 6. The van der Waals surface area contributed by atoms with Gasteiger partial charge in [0.2, 0.25) is 10.4 Å². The molecule has 136 valence electrons. The molecule has 0 aromatic rings. The van der Waals surface area contributed by atoms with Crippen molar-refractivity contribution in [1.29, 1.82) is 0 Å². The first-order valence-electron chi connectivity index (χ1n) is 6.81. The quantitative estimate of drug-likeness (QED) is 0.206. The topological polar surface area (TPSA) is 166 Å². The monoisotopic (exact) mass is 376 g/mol. The zero-order valence-electron chi connectivity index (χ0n) is 12.2. The van der Waals surface area contributed by atoms with Gasteiger partial charge in [-0.15, -0.1) is 0 Å². The fourth-order valence-electron chi connectivity index (χ4n) is 2.79. The predicted octanol–water partition coefficient (Wildman–Crippen LogP) is -3.72. The van der Waals surface area contributed by atoms with E-state index >= 15 is 0 Å². The number of methoxy groups -OCH3 is 1. The molecule has 0 aliphatic carbocycles. The van der Waals surface area contributed by atoms with Gasteiger partial charge in [-0.05, 0) is 0 Å². The second-order valence-corrected chi connectivity index (χ2v) is 8.74. The van der Waals surface area contributed by atoms with Crippen LogP contribution in [0.3, 0.4) is 0 Å². The van der Waals surface area contributed by atoms with E-state index in [1.54, 1.807) is 0 Å². The average molecular weight is 376 g/mol. The van der Waals surface area contributed by atoms with Crippen molar-refractivity contribution in [1.82, 2.24) is 0 Å². The third kappa shape index (κ3) is 4.34. The van der Waals surface area contributed by atoms with Crippen LogP contribution in [-0.2, 0) is 35.0 Å². The van der Waals surface area contributed by atoms with Gasteiger partial charge >= 0.3 is 0 Å². The lowest BCUT2D eigenvalue weighted by Gasteiger charge is -2.22. The van der Waals surface area contributed by atoms with Crippen LogP contribution in [0.5, 0.6) is 0 Å². The second-order valence-electron chi connectivity index (χ2n) is 5.39. The first-order chi connectivity index (χ1) is 10.7. The third-order valence-electron chi connectivity index (χ3n) is 3.90. The summed E-state index contributed by atoms with van der Waals surface area (Å²) >= 11 is 0. The van der Waals surface area contributed by atoms with E-state index < -0.39 is 63.4 Å². The lowest BCUT2D eigenvalue weighted by Crippen LogP contribution is -2.42. The molecule has 2 heterocycles. The van der Waals surface area contributed by atoms with Crippen LogP contribution in [0.1, 0.15) is 0 Å². The molecular weight excluding hydrogens is 356 g/mol. The number of hydrogen-bond acceptors (Lipinski definition) is 10. The van der Waals surface area contributed by atoms with Crippen molar-refractivity contribution < 1.29 is 47.1 Å². The number of hydrogen-bond donors (Lipinski definition) is 4. The average Bonchev–Trinajstić information content (AvgIpc) is 2.88. The molecule has 0 bridgehead atoms. The maximum absolute atomic E-state index is 10.8. The van der Waals surface area contributed by atoms with Gasteiger partial charge in [0.25, 0.3) is 0 Å². The summed E-state index contributed by atoms with van der Waals surface area (Å²) in [6, 6.07) is 0. The Labute approximate surface area is 136 Å². The minimum atomic E-state index is -5.07. The molecule has 10 nitrogen and oxygen atoms in total. The predicted molar refractivity (Wildman–Crippen MR) is 76.2 cm³/mol. The maximum atomic E-state index is 10.8. The first kappa shape index (κ1) is 19.3. The van der Waals surface area contributed by atoms with Gasteiger partial charge in [0.1, 0.15) is 42.0 Å². The van der Waals surface area contributed by atoms with Crippen LogP contribution in [0.4, 0.5) is 0 Å². The zero-order chi connectivity index (χ0) is 17.4. The van der Waals surface area contributed by atoms with Crippen LogP contribution in [0.25, 0.3) is 0 Å². The summed E-state index contributed by atoms with van der Waals surface area (Å²) < 4.78 is 47.1. The minimum Gasteiger partial charge on any atom is -0.726 e. The normalized spacial score (nSPS) is 44.8. The molecule has 1 unspecified atom stereocenters. The van der Waals surface area contributed by atoms with Crippen LogP contribution < -0.4 is 0 Å². The molecule has 4 N–H and O–H groups in total. The SMILES string of the molecule is CO[C@H]1O[C@H](C[S+]2C[C@@H](O)[C@H](O)[C@H]2CO)[C@H](OS(=O)(=O)[O-])[C@H]1O. The van der Waals surface area contributed by atoms with Crippen molar-refractivity contribution in [2.45, 2.75) is 42.1 Å². The van der Waals surface area contributed by atoms with E-state index in [0.29, 0.717) is 0 Å². The molecule has 2 fully saturated rings. The van der Waals surface area contributed by atoms with E-state index in [2.05, 4.69) is 4.18 Å². The molecule has 23 heavy (non-hydrogen) atoms. The number of aliphatic hydroxyl groups excluding tert-OH is 4. The van der Waals surface area contributed by atoms with Gasteiger partial charge in [-0.25, -0.2) is 8.42 Å². The summed E-state index contributed by atoms with van der Waals surface area (Å²) in [5, 5.41) is 38.2. The van der Waals surface area contributed by atoms with Crippen molar-refractivity contribution in [2.75, 3.05) is 25.2 Å². The van der Waals surface area contributed by atoms with Gasteiger partial charge in [-0.1, -0.05) is 0 Å². The molecule has 0 saturated carbocycles. The molecule has 0 aromatic carbocycles. The molecule has 2 aliphatic rings. The number of ether oxygens (including phenoxy) is 2. The fraction of sp³-hybridized carbons (Fsp3) is 1.00. The smallest absolute Gasteiger partial charge is 0.218 e. The van der Waals surface area contributed by atoms with E-state index in [1.807, 2.05) is 0 Å². The largest absolute Gasteiger partial charge is 0.726 e. The standard InChI is InChI=1S/C11H20O10S2/c1-19-11-9(15)10(21-23(16,17)18)6(20-11)4-22-3-5(13)8(14)7(22)2-12/h5-15H,2-4H2,1H3/t5-,6-,7-,8+,9-,10+,11+,22?/m1/s1. The highest BCUT2D eigenvalue weighted by atomic mass is 32.3. The molecule has 12 heteroatoms. The van der Waals surface area contributed by atoms with Crippen LogP contribution in [0.15, 0.2) is 0 Å². The van der Waals surface area contributed by atoms with E-state index in [-0.39, 0.29) is 18.1 Å². The molecule has 2 aliphatic heterocycles. The third-order valence-corrected chi connectivity index (χ3v) is 7.17. The molecule has 0 aromatic heterocycles. The molecular formula is C11H20O10S2. The van der Waals surface area contributed by atoms with E-state index in [4.69, 9.17) is 9.47 Å². The Morgan fingerprint density at radius 2 is 1.96 bits per heavy atom. The van der Waals surface area contributed by atoms with Crippen molar-refractivity contribution >= 4 is 21.3 Å². The number of aliphatic hydroxyl groups is 4. The Balaban J connectivity index is 2.12. The van der Waals surface area contributed by atoms with Gasteiger partial charge in [-0.2, -0.15) is 0 Å². The van der Waals surface area contributed by atoms with Gasteiger partial charge in [-0.3, -0.25) is 4.18 Å². The highest BCUT2D eigenvalue weighted by Crippen LogP contribution is 2.31. The zero-order valence-corrected chi connectivity index (χ0v) is 13.9. The van der Waals surface area contributed by atoms with Gasteiger partial charge in [0.05, 0.1) is 6.61 Å². The lowest BCUT2D eigenvalue weighted by molar-refractivity contribution is -0.145. The van der Waals surface area contributed by atoms with Crippen LogP contribution >= 0.6 is 0 Å². The Kier molecular flexibility index (Phi) is 6.27. The van der Waals surface area contributed by atoms with Crippen molar-refractivity contribution in [3.63, 3.8) is 0 Å². The summed E-state index contributed by atoms with van der Waals surface area (Å²) in [6.07, 6.45) is -7.21. The molecule has 0 spiro atoms. The van der Waals surface area contributed by atoms with Gasteiger partial charge in [0.15, 0.2) is 11.5 Å². The van der Waals surface area contributed by atoms with Crippen molar-refractivity contribution in [2.24, 2.45) is 0 Å². The summed E-state index contributed by atoms with van der Waals surface area (Å²) in [6.45, 7) is -0.365. The van der Waals surface area contributed by atoms with Crippen molar-refractivity contribution in [3.05, 3.63) is 0 Å². The van der Waals surface area contributed by atoms with Gasteiger partial charge < -0.3 is 34.5 Å². The van der Waals surface area contributed by atoms with E-state index in [9.17, 15) is 33.4 Å². The minimum absolute atomic E-state index is 0.0937. The van der Waals surface area contributed by atoms with Crippen LogP contribution in [0.2, 0.25) is 0 Å². The summed E-state index contributed by atoms with van der Waals surface area (Å²) in [5.74, 6) is 0.285. The highest BCUT2D eigenvalue weighted by Gasteiger charge is 2.55. The van der Waals surface area contributed by atoms with E-state index in [0.717, 1.165) is 0 Å². The van der Waals surface area contributed by atoms with E-state index in [1.165, 1.54) is 7.11 Å². The van der Waals surface area contributed by atoms with Crippen molar-refractivity contribution in [3.8, 4) is 0 Å². The summed E-state index contributed by atoms with van der Waals surface area (Å²) in [5.41, 5.74) is 0. The fourth-order valence-corrected chi connectivity index (χ4v) is 6.04. The molecule has 2 saturated heterocycles.